The van der Waals surface area contributed by atoms with Crippen molar-refractivity contribution in [2.45, 2.75) is 66.6 Å². The zero-order valence-corrected chi connectivity index (χ0v) is 17.9. The number of benzene rings is 2. The molecule has 2 rings (SSSR count). The lowest BCUT2D eigenvalue weighted by molar-refractivity contribution is -0.140. The van der Waals surface area contributed by atoms with Crippen LogP contribution in [0.25, 0.3) is 0 Å². The van der Waals surface area contributed by atoms with E-state index < -0.39 is 6.04 Å². The molecule has 0 saturated heterocycles. The molecule has 1 N–H and O–H groups in total. The van der Waals surface area contributed by atoms with Crippen molar-refractivity contribution in [1.82, 2.24) is 10.2 Å². The van der Waals surface area contributed by atoms with Gasteiger partial charge in [0.2, 0.25) is 11.8 Å². The van der Waals surface area contributed by atoms with Gasteiger partial charge >= 0.3 is 0 Å². The molecule has 0 aliphatic heterocycles. The number of carbonyl (C=O) groups is 2. The largest absolute Gasteiger partial charge is 0.352 e. The van der Waals surface area contributed by atoms with Crippen LogP contribution in [0.2, 0.25) is 0 Å². The molecule has 4 nitrogen and oxygen atoms in total. The molecule has 2 aromatic rings. The standard InChI is InChI=1S/C24H32N2O2/c1-16(2)25-24(28)20(6)26(15-22-9-7-8-17(3)12-22)23(27)14-21-11-10-18(4)19(5)13-21/h7-13,16,20H,14-15H2,1-6H3,(H,25,28)/t20-/m1/s1. The molecule has 0 bridgehead atoms. The summed E-state index contributed by atoms with van der Waals surface area (Å²) in [6.45, 7) is 12.2. The Hall–Kier alpha value is -2.62. The monoisotopic (exact) mass is 380 g/mol. The van der Waals surface area contributed by atoms with Crippen LogP contribution in [-0.2, 0) is 22.6 Å². The predicted molar refractivity (Wildman–Crippen MR) is 114 cm³/mol. The lowest BCUT2D eigenvalue weighted by atomic mass is 10.0. The Morgan fingerprint density at radius 3 is 2.25 bits per heavy atom. The van der Waals surface area contributed by atoms with Crippen LogP contribution < -0.4 is 5.32 Å². The zero-order chi connectivity index (χ0) is 20.8. The number of nitrogens with zero attached hydrogens (tertiary/aromatic N) is 1. The number of aryl methyl sites for hydroxylation is 3. The third-order valence-corrected chi connectivity index (χ3v) is 4.96. The first-order valence-corrected chi connectivity index (χ1v) is 9.89. The molecule has 1 atom stereocenters. The van der Waals surface area contributed by atoms with E-state index in [1.54, 1.807) is 11.8 Å². The summed E-state index contributed by atoms with van der Waals surface area (Å²) in [7, 11) is 0. The molecule has 4 heteroatoms. The van der Waals surface area contributed by atoms with Crippen LogP contribution >= 0.6 is 0 Å². The summed E-state index contributed by atoms with van der Waals surface area (Å²) in [5, 5.41) is 2.92. The molecule has 0 aromatic heterocycles. The van der Waals surface area contributed by atoms with Gasteiger partial charge in [0.05, 0.1) is 6.42 Å². The highest BCUT2D eigenvalue weighted by atomic mass is 16.2. The summed E-state index contributed by atoms with van der Waals surface area (Å²) in [5.41, 5.74) is 5.51. The lowest BCUT2D eigenvalue weighted by Gasteiger charge is -2.29. The first-order valence-electron chi connectivity index (χ1n) is 9.89. The average molecular weight is 381 g/mol. The minimum absolute atomic E-state index is 0.0330. The Balaban J connectivity index is 2.26. The second-order valence-corrected chi connectivity index (χ2v) is 7.95. The molecule has 0 heterocycles. The maximum Gasteiger partial charge on any atom is 0.242 e. The summed E-state index contributed by atoms with van der Waals surface area (Å²) in [4.78, 5) is 27.5. The van der Waals surface area contributed by atoms with E-state index in [2.05, 4.69) is 24.4 Å². The SMILES string of the molecule is Cc1cccc(CN(C(=O)Cc2ccc(C)c(C)c2)[C@H](C)C(=O)NC(C)C)c1. The summed E-state index contributed by atoms with van der Waals surface area (Å²) >= 11 is 0. The topological polar surface area (TPSA) is 49.4 Å². The first-order chi connectivity index (χ1) is 13.2. The fourth-order valence-electron chi connectivity index (χ4n) is 3.18. The van der Waals surface area contributed by atoms with Gasteiger partial charge in [0.1, 0.15) is 6.04 Å². The summed E-state index contributed by atoms with van der Waals surface area (Å²) in [6.07, 6.45) is 0.284. The van der Waals surface area contributed by atoms with Crippen molar-refractivity contribution in [2.75, 3.05) is 0 Å². The molecule has 0 spiro atoms. The first kappa shape index (κ1) is 21.7. The molecule has 0 unspecified atom stereocenters. The van der Waals surface area contributed by atoms with Gasteiger partial charge in [-0.1, -0.05) is 48.0 Å². The second-order valence-electron chi connectivity index (χ2n) is 7.95. The third kappa shape index (κ3) is 5.95. The van der Waals surface area contributed by atoms with Crippen LogP contribution in [0.15, 0.2) is 42.5 Å². The molecule has 0 radical (unpaired) electrons. The van der Waals surface area contributed by atoms with Crippen LogP contribution in [0.1, 0.15) is 48.6 Å². The third-order valence-electron chi connectivity index (χ3n) is 4.96. The van der Waals surface area contributed by atoms with E-state index >= 15 is 0 Å². The molecule has 28 heavy (non-hydrogen) atoms. The summed E-state index contributed by atoms with van der Waals surface area (Å²) < 4.78 is 0. The Kier molecular flexibility index (Phi) is 7.38. The molecule has 2 aromatic carbocycles. The van der Waals surface area contributed by atoms with Crippen molar-refractivity contribution in [1.29, 1.82) is 0 Å². The Morgan fingerprint density at radius 1 is 0.929 bits per heavy atom. The van der Waals surface area contributed by atoms with Crippen LogP contribution in [0.4, 0.5) is 0 Å². The highest BCUT2D eigenvalue weighted by Gasteiger charge is 2.26. The average Bonchev–Trinajstić information content (AvgIpc) is 2.61. The fraction of sp³-hybridized carbons (Fsp3) is 0.417. The van der Waals surface area contributed by atoms with Crippen LogP contribution in [-0.4, -0.2) is 28.8 Å². The van der Waals surface area contributed by atoms with Gasteiger partial charge in [-0.15, -0.1) is 0 Å². The highest BCUT2D eigenvalue weighted by Crippen LogP contribution is 2.16. The molecule has 0 aliphatic carbocycles. The van der Waals surface area contributed by atoms with Gasteiger partial charge < -0.3 is 10.2 Å². The Labute approximate surface area is 169 Å². The lowest BCUT2D eigenvalue weighted by Crippen LogP contribution is -2.49. The molecule has 0 saturated carbocycles. The van der Waals surface area contributed by atoms with Gasteiger partial charge in [0, 0.05) is 12.6 Å². The smallest absolute Gasteiger partial charge is 0.242 e. The molecule has 0 aliphatic rings. The van der Waals surface area contributed by atoms with E-state index in [1.165, 1.54) is 11.1 Å². The van der Waals surface area contributed by atoms with Crippen LogP contribution in [0.3, 0.4) is 0 Å². The van der Waals surface area contributed by atoms with E-state index in [-0.39, 0.29) is 24.3 Å². The minimum Gasteiger partial charge on any atom is -0.352 e. The van der Waals surface area contributed by atoms with E-state index in [0.717, 1.165) is 16.7 Å². The Bertz CT molecular complexity index is 842. The summed E-state index contributed by atoms with van der Waals surface area (Å²) in [6, 6.07) is 13.6. The predicted octanol–water partition coefficient (Wildman–Crippen LogP) is 4.10. The molecular formula is C24H32N2O2. The number of hydrogen-bond donors (Lipinski definition) is 1. The van der Waals surface area contributed by atoms with Crippen LogP contribution in [0, 0.1) is 20.8 Å². The molecular weight excluding hydrogens is 348 g/mol. The van der Waals surface area contributed by atoms with Crippen molar-refractivity contribution in [3.63, 3.8) is 0 Å². The van der Waals surface area contributed by atoms with E-state index in [0.29, 0.717) is 6.54 Å². The van der Waals surface area contributed by atoms with Crippen LogP contribution in [0.5, 0.6) is 0 Å². The van der Waals surface area contributed by atoms with Crippen molar-refractivity contribution in [3.8, 4) is 0 Å². The molecule has 0 fully saturated rings. The van der Waals surface area contributed by atoms with Gasteiger partial charge in [0.25, 0.3) is 0 Å². The zero-order valence-electron chi connectivity index (χ0n) is 17.9. The Morgan fingerprint density at radius 2 is 1.64 bits per heavy atom. The normalized spacial score (nSPS) is 12.0. The van der Waals surface area contributed by atoms with E-state index in [9.17, 15) is 9.59 Å². The van der Waals surface area contributed by atoms with Crippen molar-refractivity contribution >= 4 is 11.8 Å². The maximum atomic E-state index is 13.2. The molecule has 150 valence electrons. The van der Waals surface area contributed by atoms with Gasteiger partial charge in [-0.2, -0.15) is 0 Å². The number of hydrogen-bond acceptors (Lipinski definition) is 2. The van der Waals surface area contributed by atoms with Crippen molar-refractivity contribution < 1.29 is 9.59 Å². The van der Waals surface area contributed by atoms with Gasteiger partial charge in [-0.05, 0) is 63.8 Å². The number of nitrogens with one attached hydrogen (secondary N) is 1. The van der Waals surface area contributed by atoms with Gasteiger partial charge in [0.15, 0.2) is 0 Å². The van der Waals surface area contributed by atoms with E-state index in [1.807, 2.05) is 58.0 Å². The fourth-order valence-corrected chi connectivity index (χ4v) is 3.18. The number of rotatable bonds is 7. The van der Waals surface area contributed by atoms with E-state index in [4.69, 9.17) is 0 Å². The van der Waals surface area contributed by atoms with Gasteiger partial charge in [-0.25, -0.2) is 0 Å². The number of carbonyl (C=O) groups excluding carboxylic acids is 2. The highest BCUT2D eigenvalue weighted by molar-refractivity contribution is 5.88. The number of amides is 2. The quantitative estimate of drug-likeness (QED) is 0.786. The van der Waals surface area contributed by atoms with Crippen molar-refractivity contribution in [2.24, 2.45) is 0 Å². The maximum absolute atomic E-state index is 13.2. The second kappa shape index (κ2) is 9.54. The molecule has 2 amide bonds. The van der Waals surface area contributed by atoms with Crippen molar-refractivity contribution in [3.05, 3.63) is 70.3 Å². The van der Waals surface area contributed by atoms with Gasteiger partial charge in [-0.3, -0.25) is 9.59 Å². The summed E-state index contributed by atoms with van der Waals surface area (Å²) in [5.74, 6) is -0.174. The minimum atomic E-state index is -0.540.